The average Bonchev–Trinajstić information content (AvgIpc) is 2.55. The molecule has 1 aromatic heterocycles. The number of hydrogen-bond acceptors (Lipinski definition) is 4. The van der Waals surface area contributed by atoms with Crippen LogP contribution in [0.1, 0.15) is 27.9 Å². The molecule has 0 saturated heterocycles. The van der Waals surface area contributed by atoms with Gasteiger partial charge in [-0.3, -0.25) is 4.98 Å². The normalized spacial score (nSPS) is 18.6. The van der Waals surface area contributed by atoms with Crippen molar-refractivity contribution in [2.24, 2.45) is 0 Å². The van der Waals surface area contributed by atoms with Crippen LogP contribution in [0.5, 0.6) is 0 Å². The molecule has 0 bridgehead atoms. The van der Waals surface area contributed by atoms with Crippen LogP contribution in [-0.2, 0) is 4.74 Å². The van der Waals surface area contributed by atoms with Crippen molar-refractivity contribution in [2.75, 3.05) is 0 Å². The first-order chi connectivity index (χ1) is 7.68. The number of cyclic esters (lactones) is 1. The molecule has 4 heteroatoms. The van der Waals surface area contributed by atoms with Gasteiger partial charge >= 0.3 is 5.97 Å². The molecule has 1 aromatic carbocycles. The number of aromatic nitrogens is 1. The highest BCUT2D eigenvalue weighted by molar-refractivity contribution is 6.06. The van der Waals surface area contributed by atoms with Crippen LogP contribution in [0.15, 0.2) is 24.3 Å². The summed E-state index contributed by atoms with van der Waals surface area (Å²) in [7, 11) is 0. The largest absolute Gasteiger partial charge is 0.428 e. The molecule has 4 nitrogen and oxygen atoms in total. The van der Waals surface area contributed by atoms with Gasteiger partial charge in [0.25, 0.3) is 0 Å². The van der Waals surface area contributed by atoms with Crippen LogP contribution in [0.3, 0.4) is 0 Å². The average molecular weight is 215 g/mol. The molecule has 1 aliphatic rings. The number of fused-ring (bicyclic) bond motifs is 3. The fraction of sp³-hybridized carbons (Fsp3) is 0.167. The fourth-order valence-electron chi connectivity index (χ4n) is 2.09. The van der Waals surface area contributed by atoms with E-state index in [1.54, 1.807) is 13.0 Å². The van der Waals surface area contributed by atoms with Gasteiger partial charge < -0.3 is 9.84 Å². The molecule has 2 heterocycles. The molecule has 0 fully saturated rings. The van der Waals surface area contributed by atoms with Gasteiger partial charge in [0.1, 0.15) is 0 Å². The van der Waals surface area contributed by atoms with Crippen molar-refractivity contribution in [1.29, 1.82) is 0 Å². The maximum Gasteiger partial charge on any atom is 0.341 e. The predicted molar refractivity (Wildman–Crippen MR) is 56.9 cm³/mol. The van der Waals surface area contributed by atoms with Crippen molar-refractivity contribution < 1.29 is 14.6 Å². The fourth-order valence-corrected chi connectivity index (χ4v) is 2.09. The molecular weight excluding hydrogens is 206 g/mol. The second-order valence-electron chi connectivity index (χ2n) is 3.76. The quantitative estimate of drug-likeness (QED) is 0.679. The predicted octanol–water partition coefficient (Wildman–Crippen LogP) is 1.70. The molecule has 1 atom stereocenters. The van der Waals surface area contributed by atoms with Gasteiger partial charge in [-0.25, -0.2) is 4.79 Å². The monoisotopic (exact) mass is 215 g/mol. The summed E-state index contributed by atoms with van der Waals surface area (Å²) in [6.45, 7) is 1.76. The number of benzene rings is 1. The van der Waals surface area contributed by atoms with Gasteiger partial charge in [-0.05, 0) is 13.0 Å². The van der Waals surface area contributed by atoms with Crippen molar-refractivity contribution >= 4 is 16.9 Å². The number of aliphatic hydroxyl groups is 1. The van der Waals surface area contributed by atoms with Crippen LogP contribution in [-0.4, -0.2) is 16.1 Å². The minimum Gasteiger partial charge on any atom is -0.428 e. The van der Waals surface area contributed by atoms with Crippen LogP contribution in [0.2, 0.25) is 0 Å². The first-order valence-electron chi connectivity index (χ1n) is 4.97. The SMILES string of the molecule is Cc1nc2ccccc2c2c1C(O)OC2=O. The summed E-state index contributed by atoms with van der Waals surface area (Å²) in [4.78, 5) is 16.0. The molecule has 80 valence electrons. The Kier molecular flexibility index (Phi) is 1.76. The zero-order chi connectivity index (χ0) is 11.3. The first kappa shape index (κ1) is 9.30. The van der Waals surface area contributed by atoms with Crippen molar-refractivity contribution in [2.45, 2.75) is 13.2 Å². The molecule has 1 aliphatic heterocycles. The minimum atomic E-state index is -1.18. The maximum absolute atomic E-state index is 11.6. The second-order valence-corrected chi connectivity index (χ2v) is 3.76. The number of ether oxygens (including phenoxy) is 1. The van der Waals surface area contributed by atoms with Gasteiger partial charge in [-0.1, -0.05) is 18.2 Å². The number of carbonyl (C=O) groups is 1. The van der Waals surface area contributed by atoms with Crippen LogP contribution >= 0.6 is 0 Å². The molecule has 1 N–H and O–H groups in total. The molecular formula is C12H9NO3. The summed E-state index contributed by atoms with van der Waals surface area (Å²) >= 11 is 0. The Hall–Kier alpha value is -1.94. The van der Waals surface area contributed by atoms with E-state index in [-0.39, 0.29) is 0 Å². The van der Waals surface area contributed by atoms with Gasteiger partial charge in [-0.2, -0.15) is 0 Å². The lowest BCUT2D eigenvalue weighted by Gasteiger charge is -2.06. The van der Waals surface area contributed by atoms with Gasteiger partial charge in [0.2, 0.25) is 6.29 Å². The second kappa shape index (κ2) is 3.02. The Morgan fingerprint density at radius 1 is 1.38 bits per heavy atom. The third-order valence-corrected chi connectivity index (χ3v) is 2.79. The summed E-state index contributed by atoms with van der Waals surface area (Å²) in [6.07, 6.45) is -1.18. The van der Waals surface area contributed by atoms with E-state index in [2.05, 4.69) is 4.98 Å². The van der Waals surface area contributed by atoms with E-state index < -0.39 is 12.3 Å². The summed E-state index contributed by atoms with van der Waals surface area (Å²) in [6, 6.07) is 7.33. The highest BCUT2D eigenvalue weighted by atomic mass is 16.6. The van der Waals surface area contributed by atoms with E-state index in [9.17, 15) is 9.90 Å². The topological polar surface area (TPSA) is 59.4 Å². The number of pyridine rings is 1. The van der Waals surface area contributed by atoms with Crippen molar-refractivity contribution in [3.8, 4) is 0 Å². The van der Waals surface area contributed by atoms with Gasteiger partial charge in [0, 0.05) is 11.1 Å². The lowest BCUT2D eigenvalue weighted by atomic mass is 10.0. The Labute approximate surface area is 91.5 Å². The number of aliphatic hydroxyl groups excluding tert-OH is 1. The molecule has 1 unspecified atom stereocenters. The zero-order valence-electron chi connectivity index (χ0n) is 8.60. The summed E-state index contributed by atoms with van der Waals surface area (Å²) in [5.74, 6) is -0.482. The summed E-state index contributed by atoms with van der Waals surface area (Å²) < 4.78 is 4.80. The van der Waals surface area contributed by atoms with Crippen LogP contribution in [0, 0.1) is 6.92 Å². The van der Waals surface area contributed by atoms with E-state index in [1.165, 1.54) is 0 Å². The molecule has 3 rings (SSSR count). The zero-order valence-corrected chi connectivity index (χ0v) is 8.60. The van der Waals surface area contributed by atoms with Crippen molar-refractivity contribution in [3.05, 3.63) is 41.1 Å². The van der Waals surface area contributed by atoms with E-state index in [1.807, 2.05) is 18.2 Å². The lowest BCUT2D eigenvalue weighted by molar-refractivity contribution is -0.0551. The Morgan fingerprint density at radius 2 is 2.12 bits per heavy atom. The standard InChI is InChI=1S/C12H9NO3/c1-6-9-10(12(15)16-11(9)14)7-4-2-3-5-8(7)13-6/h2-5,11,14H,1H3. The van der Waals surface area contributed by atoms with Crippen molar-refractivity contribution in [3.63, 3.8) is 0 Å². The first-order valence-corrected chi connectivity index (χ1v) is 4.97. The van der Waals surface area contributed by atoms with Crippen LogP contribution in [0.4, 0.5) is 0 Å². The third-order valence-electron chi connectivity index (χ3n) is 2.79. The number of para-hydroxylation sites is 1. The molecule has 0 radical (unpaired) electrons. The molecule has 0 amide bonds. The summed E-state index contributed by atoms with van der Waals surface area (Å²) in [5, 5.41) is 10.3. The van der Waals surface area contributed by atoms with Gasteiger partial charge in [0.15, 0.2) is 0 Å². The van der Waals surface area contributed by atoms with Gasteiger partial charge in [0.05, 0.1) is 16.6 Å². The summed E-state index contributed by atoms with van der Waals surface area (Å²) in [5.41, 5.74) is 2.30. The highest BCUT2D eigenvalue weighted by Crippen LogP contribution is 2.34. The van der Waals surface area contributed by atoms with E-state index in [4.69, 9.17) is 4.74 Å². The lowest BCUT2D eigenvalue weighted by Crippen LogP contribution is -1.99. The minimum absolute atomic E-state index is 0.440. The Balaban J connectivity index is 2.49. The third kappa shape index (κ3) is 1.07. The van der Waals surface area contributed by atoms with E-state index >= 15 is 0 Å². The number of carbonyl (C=O) groups excluding carboxylic acids is 1. The Bertz CT molecular complexity index is 606. The highest BCUT2D eigenvalue weighted by Gasteiger charge is 2.33. The molecule has 0 spiro atoms. The molecule has 0 saturated carbocycles. The smallest absolute Gasteiger partial charge is 0.341 e. The molecule has 2 aromatic rings. The maximum atomic E-state index is 11.6. The number of nitrogens with zero attached hydrogens (tertiary/aromatic N) is 1. The van der Waals surface area contributed by atoms with E-state index in [0.29, 0.717) is 16.8 Å². The van der Waals surface area contributed by atoms with Crippen LogP contribution < -0.4 is 0 Å². The number of aryl methyl sites for hydroxylation is 1. The Morgan fingerprint density at radius 3 is 2.94 bits per heavy atom. The van der Waals surface area contributed by atoms with Gasteiger partial charge in [-0.15, -0.1) is 0 Å². The van der Waals surface area contributed by atoms with Crippen LogP contribution in [0.25, 0.3) is 10.9 Å². The van der Waals surface area contributed by atoms with Crippen molar-refractivity contribution in [1.82, 2.24) is 4.98 Å². The number of esters is 1. The number of rotatable bonds is 0. The number of hydrogen-bond donors (Lipinski definition) is 1. The van der Waals surface area contributed by atoms with E-state index in [0.717, 1.165) is 10.9 Å². The molecule has 0 aliphatic carbocycles. The molecule has 16 heavy (non-hydrogen) atoms.